The van der Waals surface area contributed by atoms with Crippen LogP contribution < -0.4 is 10.2 Å². The standard InChI is InChI=1S/C23H24N6O2/c1-14-15(2)27-28-21(14)23(30)25-18-11-17-12-20(26-22(17)24-13-18)16-3-5-19(6-4-16)29-7-9-31-10-8-29/h3-6,11-13H,7-10H2,1-2H3,(H,24,26)(H,25,30)(H,27,28). The lowest BCUT2D eigenvalue weighted by Crippen LogP contribution is -2.36. The summed E-state index contributed by atoms with van der Waals surface area (Å²) >= 11 is 0. The molecule has 8 nitrogen and oxygen atoms in total. The lowest BCUT2D eigenvalue weighted by Gasteiger charge is -2.28. The van der Waals surface area contributed by atoms with Crippen LogP contribution in [0.3, 0.4) is 0 Å². The summed E-state index contributed by atoms with van der Waals surface area (Å²) in [6, 6.07) is 12.5. The van der Waals surface area contributed by atoms with Gasteiger partial charge >= 0.3 is 0 Å². The smallest absolute Gasteiger partial charge is 0.276 e. The predicted octanol–water partition coefficient (Wildman–Crippen LogP) is 3.66. The lowest BCUT2D eigenvalue weighted by atomic mass is 10.1. The Balaban J connectivity index is 1.35. The van der Waals surface area contributed by atoms with E-state index in [-0.39, 0.29) is 5.91 Å². The Hall–Kier alpha value is -3.65. The van der Waals surface area contributed by atoms with Crippen molar-refractivity contribution in [3.05, 3.63) is 59.5 Å². The molecule has 158 valence electrons. The molecule has 4 aromatic rings. The minimum Gasteiger partial charge on any atom is -0.378 e. The molecule has 1 saturated heterocycles. The van der Waals surface area contributed by atoms with E-state index in [0.717, 1.165) is 59.9 Å². The summed E-state index contributed by atoms with van der Waals surface area (Å²) in [5.41, 5.74) is 6.80. The summed E-state index contributed by atoms with van der Waals surface area (Å²) < 4.78 is 5.43. The van der Waals surface area contributed by atoms with Crippen molar-refractivity contribution in [1.82, 2.24) is 20.2 Å². The third kappa shape index (κ3) is 3.77. The quantitative estimate of drug-likeness (QED) is 0.472. The molecule has 4 heterocycles. The van der Waals surface area contributed by atoms with Crippen molar-refractivity contribution in [2.75, 3.05) is 36.5 Å². The molecule has 1 aliphatic rings. The second kappa shape index (κ2) is 7.88. The second-order valence-corrected chi connectivity index (χ2v) is 7.77. The van der Waals surface area contributed by atoms with E-state index in [1.54, 1.807) is 6.20 Å². The van der Waals surface area contributed by atoms with Crippen LogP contribution >= 0.6 is 0 Å². The first-order valence-electron chi connectivity index (χ1n) is 10.3. The molecule has 3 N–H and O–H groups in total. The van der Waals surface area contributed by atoms with Crippen LogP contribution in [0.4, 0.5) is 11.4 Å². The zero-order valence-corrected chi connectivity index (χ0v) is 17.5. The summed E-state index contributed by atoms with van der Waals surface area (Å²) in [5.74, 6) is -0.252. The minimum absolute atomic E-state index is 0.252. The molecule has 5 rings (SSSR count). The molecule has 1 aliphatic heterocycles. The molecule has 0 spiro atoms. The highest BCUT2D eigenvalue weighted by Crippen LogP contribution is 2.27. The molecule has 0 unspecified atom stereocenters. The number of anilines is 2. The number of amides is 1. The Morgan fingerprint density at radius 3 is 2.61 bits per heavy atom. The van der Waals surface area contributed by atoms with Crippen molar-refractivity contribution in [3.8, 4) is 11.3 Å². The van der Waals surface area contributed by atoms with Crippen LogP contribution in [0.2, 0.25) is 0 Å². The zero-order chi connectivity index (χ0) is 21.4. The number of aromatic amines is 2. The number of nitrogens with one attached hydrogen (secondary N) is 3. The third-order valence-electron chi connectivity index (χ3n) is 5.75. The molecular weight excluding hydrogens is 392 g/mol. The van der Waals surface area contributed by atoms with Crippen LogP contribution in [0.1, 0.15) is 21.7 Å². The van der Waals surface area contributed by atoms with Crippen molar-refractivity contribution >= 4 is 28.3 Å². The first-order chi connectivity index (χ1) is 15.1. The number of fused-ring (bicyclic) bond motifs is 1. The number of pyridine rings is 1. The van der Waals surface area contributed by atoms with Gasteiger partial charge < -0.3 is 19.9 Å². The predicted molar refractivity (Wildman–Crippen MR) is 121 cm³/mol. The Morgan fingerprint density at radius 1 is 1.13 bits per heavy atom. The van der Waals surface area contributed by atoms with Crippen molar-refractivity contribution in [2.24, 2.45) is 0 Å². The summed E-state index contributed by atoms with van der Waals surface area (Å²) in [7, 11) is 0. The van der Waals surface area contributed by atoms with Gasteiger partial charge in [-0.25, -0.2) is 4.98 Å². The minimum atomic E-state index is -0.252. The first kappa shape index (κ1) is 19.3. The largest absolute Gasteiger partial charge is 0.378 e. The molecule has 8 heteroatoms. The molecule has 1 amide bonds. The van der Waals surface area contributed by atoms with Gasteiger partial charge in [0.15, 0.2) is 5.69 Å². The lowest BCUT2D eigenvalue weighted by molar-refractivity contribution is 0.102. The highest BCUT2D eigenvalue weighted by Gasteiger charge is 2.16. The Labute approximate surface area is 179 Å². The fourth-order valence-corrected chi connectivity index (χ4v) is 3.81. The van der Waals surface area contributed by atoms with E-state index in [4.69, 9.17) is 4.74 Å². The average Bonchev–Trinajstić information content (AvgIpc) is 3.37. The number of carbonyl (C=O) groups excluding carboxylic acids is 1. The van der Waals surface area contributed by atoms with Crippen LogP contribution in [0.15, 0.2) is 42.6 Å². The van der Waals surface area contributed by atoms with E-state index in [0.29, 0.717) is 11.4 Å². The highest BCUT2D eigenvalue weighted by molar-refractivity contribution is 6.04. The number of ether oxygens (including phenoxy) is 1. The van der Waals surface area contributed by atoms with Gasteiger partial charge in [0.25, 0.3) is 5.91 Å². The molecule has 0 bridgehead atoms. The Kier molecular flexibility index (Phi) is 4.91. The van der Waals surface area contributed by atoms with E-state index < -0.39 is 0 Å². The number of hydrogen-bond donors (Lipinski definition) is 3. The molecule has 31 heavy (non-hydrogen) atoms. The van der Waals surface area contributed by atoms with Crippen molar-refractivity contribution in [1.29, 1.82) is 0 Å². The van der Waals surface area contributed by atoms with Gasteiger partial charge in [0.1, 0.15) is 5.65 Å². The van der Waals surface area contributed by atoms with Crippen molar-refractivity contribution in [3.63, 3.8) is 0 Å². The Bertz CT molecular complexity index is 1230. The van der Waals surface area contributed by atoms with Gasteiger partial charge in [-0.05, 0) is 43.7 Å². The SMILES string of the molecule is Cc1[nH]nc(C(=O)Nc2cnc3[nH]c(-c4ccc(N5CCOCC5)cc4)cc3c2)c1C. The van der Waals surface area contributed by atoms with Crippen LogP contribution in [0, 0.1) is 13.8 Å². The normalized spacial score (nSPS) is 14.2. The van der Waals surface area contributed by atoms with Crippen molar-refractivity contribution in [2.45, 2.75) is 13.8 Å². The second-order valence-electron chi connectivity index (χ2n) is 7.77. The maximum Gasteiger partial charge on any atom is 0.276 e. The number of nitrogens with zero attached hydrogens (tertiary/aromatic N) is 3. The van der Waals surface area contributed by atoms with Crippen molar-refractivity contribution < 1.29 is 9.53 Å². The van der Waals surface area contributed by atoms with Gasteiger partial charge in [-0.2, -0.15) is 5.10 Å². The Morgan fingerprint density at radius 2 is 1.90 bits per heavy atom. The molecule has 1 aromatic carbocycles. The molecular formula is C23H24N6O2. The number of aryl methyl sites for hydroxylation is 1. The van der Waals surface area contributed by atoms with Crippen LogP contribution in [0.5, 0.6) is 0 Å². The van der Waals surface area contributed by atoms with Crippen LogP contribution in [0.25, 0.3) is 22.3 Å². The van der Waals surface area contributed by atoms with E-state index >= 15 is 0 Å². The summed E-state index contributed by atoms with van der Waals surface area (Å²) in [4.78, 5) is 22.7. The molecule has 1 fully saturated rings. The van der Waals surface area contributed by atoms with Gasteiger partial charge in [-0.15, -0.1) is 0 Å². The van der Waals surface area contributed by atoms with E-state index in [9.17, 15) is 4.79 Å². The van der Waals surface area contributed by atoms with Gasteiger partial charge in [0, 0.05) is 41.1 Å². The maximum absolute atomic E-state index is 12.5. The fourth-order valence-electron chi connectivity index (χ4n) is 3.81. The molecule has 0 atom stereocenters. The van der Waals surface area contributed by atoms with Crippen LogP contribution in [-0.2, 0) is 4.74 Å². The number of aromatic nitrogens is 4. The number of benzene rings is 1. The average molecular weight is 416 g/mol. The van der Waals surface area contributed by atoms with E-state index in [1.807, 2.05) is 26.0 Å². The molecule has 3 aromatic heterocycles. The highest BCUT2D eigenvalue weighted by atomic mass is 16.5. The number of morpholine rings is 1. The molecule has 0 radical (unpaired) electrons. The van der Waals surface area contributed by atoms with Gasteiger partial charge in [-0.1, -0.05) is 12.1 Å². The zero-order valence-electron chi connectivity index (χ0n) is 17.5. The summed E-state index contributed by atoms with van der Waals surface area (Å²) in [6.45, 7) is 7.14. The molecule has 0 saturated carbocycles. The van der Waals surface area contributed by atoms with E-state index in [1.165, 1.54) is 5.69 Å². The van der Waals surface area contributed by atoms with E-state index in [2.05, 4.69) is 54.6 Å². The van der Waals surface area contributed by atoms with Gasteiger partial charge in [0.2, 0.25) is 0 Å². The summed E-state index contributed by atoms with van der Waals surface area (Å²) in [5, 5.41) is 10.7. The maximum atomic E-state index is 12.5. The monoisotopic (exact) mass is 416 g/mol. The van der Waals surface area contributed by atoms with Gasteiger partial charge in [0.05, 0.1) is 25.1 Å². The topological polar surface area (TPSA) is 98.9 Å². The first-order valence-corrected chi connectivity index (χ1v) is 10.3. The third-order valence-corrected chi connectivity index (χ3v) is 5.75. The number of rotatable bonds is 4. The fraction of sp³-hybridized carbons (Fsp3) is 0.261. The number of carbonyl (C=O) groups is 1. The van der Waals surface area contributed by atoms with Gasteiger partial charge in [-0.3, -0.25) is 9.89 Å². The van der Waals surface area contributed by atoms with Crippen LogP contribution in [-0.4, -0.2) is 52.4 Å². The molecule has 0 aliphatic carbocycles. The summed E-state index contributed by atoms with van der Waals surface area (Å²) in [6.07, 6.45) is 1.65. The number of hydrogen-bond acceptors (Lipinski definition) is 5. The number of H-pyrrole nitrogens is 2.